The van der Waals surface area contributed by atoms with E-state index in [0.717, 1.165) is 37.9 Å². The normalized spacial score (nSPS) is 17.2. The van der Waals surface area contributed by atoms with Crippen molar-refractivity contribution in [3.63, 3.8) is 0 Å². The number of hydrogen-bond acceptors (Lipinski definition) is 1. The number of rotatable bonds is 1. The van der Waals surface area contributed by atoms with Gasteiger partial charge in [0.05, 0.1) is 0 Å². The molecule has 0 saturated carbocycles. The monoisotopic (exact) mass is 429 g/mol. The fraction of sp³-hybridized carbons (Fsp3) is 0.0345. The maximum absolute atomic E-state index is 15.1. The highest BCUT2D eigenvalue weighted by Gasteiger charge is 2.41. The molecule has 0 spiro atoms. The standard InChI is InChI=1S/C29H20NOP/c1-30-26-14-8-7-13-22(26)23-17-25-24-15-19-9-5-6-10-20(19)16-28(24)32(31,29(25)18-27(23)30)21-11-3-2-4-12-21/h2-18H,1H3. The van der Waals surface area contributed by atoms with Crippen LogP contribution in [0.5, 0.6) is 0 Å². The smallest absolute Gasteiger partial charge is 0.172 e. The van der Waals surface area contributed by atoms with Gasteiger partial charge in [-0.3, -0.25) is 0 Å². The van der Waals surface area contributed by atoms with Gasteiger partial charge in [-0.2, -0.15) is 0 Å². The van der Waals surface area contributed by atoms with Crippen LogP contribution in [0.4, 0.5) is 0 Å². The average molecular weight is 429 g/mol. The number of nitrogens with zero attached hydrogens (tertiary/aromatic N) is 1. The van der Waals surface area contributed by atoms with Crippen LogP contribution in [0.2, 0.25) is 0 Å². The number of fused-ring (bicyclic) bond motifs is 7. The van der Waals surface area contributed by atoms with Crippen molar-refractivity contribution in [2.45, 2.75) is 0 Å². The van der Waals surface area contributed by atoms with E-state index >= 15 is 4.57 Å². The van der Waals surface area contributed by atoms with Crippen molar-refractivity contribution in [3.8, 4) is 11.1 Å². The molecule has 0 N–H and O–H groups in total. The van der Waals surface area contributed by atoms with E-state index in [1.165, 1.54) is 21.7 Å². The van der Waals surface area contributed by atoms with Crippen LogP contribution >= 0.6 is 7.14 Å². The second kappa shape index (κ2) is 6.22. The molecule has 3 heteroatoms. The summed E-state index contributed by atoms with van der Waals surface area (Å²) in [5.74, 6) is 0. The average Bonchev–Trinajstić information content (AvgIpc) is 3.27. The Hall–Kier alpha value is -3.61. The van der Waals surface area contributed by atoms with E-state index in [9.17, 15) is 0 Å². The Morgan fingerprint density at radius 3 is 2.03 bits per heavy atom. The molecule has 2 nitrogen and oxygen atoms in total. The van der Waals surface area contributed by atoms with Gasteiger partial charge in [0.1, 0.15) is 0 Å². The Morgan fingerprint density at radius 1 is 0.594 bits per heavy atom. The van der Waals surface area contributed by atoms with Gasteiger partial charge >= 0.3 is 0 Å². The van der Waals surface area contributed by atoms with Gasteiger partial charge in [0.25, 0.3) is 0 Å². The van der Waals surface area contributed by atoms with Gasteiger partial charge in [0.2, 0.25) is 0 Å². The van der Waals surface area contributed by atoms with E-state index in [4.69, 9.17) is 0 Å². The summed E-state index contributed by atoms with van der Waals surface area (Å²) in [6, 6.07) is 35.7. The molecule has 2 heterocycles. The van der Waals surface area contributed by atoms with Crippen molar-refractivity contribution in [1.82, 2.24) is 4.57 Å². The molecule has 0 radical (unpaired) electrons. The molecular formula is C29H20NOP. The van der Waals surface area contributed by atoms with Crippen molar-refractivity contribution in [3.05, 3.63) is 103 Å². The van der Waals surface area contributed by atoms with Gasteiger partial charge in [-0.25, -0.2) is 0 Å². The summed E-state index contributed by atoms with van der Waals surface area (Å²) in [6.45, 7) is 0. The second-order valence-corrected chi connectivity index (χ2v) is 11.3. The van der Waals surface area contributed by atoms with E-state index in [-0.39, 0.29) is 0 Å². The van der Waals surface area contributed by atoms with E-state index < -0.39 is 7.14 Å². The van der Waals surface area contributed by atoms with E-state index in [2.05, 4.69) is 78.3 Å². The fourth-order valence-corrected chi connectivity index (χ4v) is 8.50. The molecule has 1 aliphatic heterocycles. The summed E-state index contributed by atoms with van der Waals surface area (Å²) >= 11 is 0. The Bertz CT molecular complexity index is 1760. The van der Waals surface area contributed by atoms with Crippen LogP contribution in [0.1, 0.15) is 0 Å². The van der Waals surface area contributed by atoms with Crippen molar-refractivity contribution in [1.29, 1.82) is 0 Å². The maximum Gasteiger partial charge on any atom is 0.172 e. The lowest BCUT2D eigenvalue weighted by molar-refractivity contribution is 0.593. The van der Waals surface area contributed by atoms with Gasteiger partial charge in [0.15, 0.2) is 7.14 Å². The lowest BCUT2D eigenvalue weighted by Crippen LogP contribution is -2.20. The first kappa shape index (κ1) is 18.0. The molecule has 7 rings (SSSR count). The minimum Gasteiger partial charge on any atom is -0.344 e. The minimum atomic E-state index is -2.99. The van der Waals surface area contributed by atoms with Crippen LogP contribution in [-0.4, -0.2) is 4.57 Å². The maximum atomic E-state index is 15.1. The molecule has 1 unspecified atom stereocenters. The van der Waals surface area contributed by atoms with Crippen molar-refractivity contribution in [2.24, 2.45) is 7.05 Å². The summed E-state index contributed by atoms with van der Waals surface area (Å²) in [6.07, 6.45) is 0. The van der Waals surface area contributed by atoms with Gasteiger partial charge in [-0.15, -0.1) is 0 Å². The SMILES string of the molecule is Cn1c2ccccc2c2cc3c(cc21)P(=O)(c1ccccc1)c1cc2ccccc2cc1-3. The minimum absolute atomic E-state index is 0.897. The Kier molecular flexibility index (Phi) is 3.50. The largest absolute Gasteiger partial charge is 0.344 e. The molecule has 6 aromatic rings. The molecular weight excluding hydrogens is 409 g/mol. The first-order valence-corrected chi connectivity index (χ1v) is 12.6. The highest BCUT2D eigenvalue weighted by atomic mass is 31.2. The molecule has 0 aliphatic carbocycles. The fourth-order valence-electron chi connectivity index (χ4n) is 5.42. The van der Waals surface area contributed by atoms with Crippen molar-refractivity contribution >= 4 is 55.6 Å². The van der Waals surface area contributed by atoms with Crippen molar-refractivity contribution < 1.29 is 4.57 Å². The lowest BCUT2D eigenvalue weighted by atomic mass is 9.99. The van der Waals surface area contributed by atoms with E-state index in [1.54, 1.807) is 0 Å². The van der Waals surface area contributed by atoms with Crippen LogP contribution in [0.15, 0.2) is 103 Å². The van der Waals surface area contributed by atoms with E-state index in [1.807, 2.05) is 36.4 Å². The van der Waals surface area contributed by atoms with Gasteiger partial charge in [-0.05, 0) is 52.2 Å². The Labute approximate surface area is 186 Å². The number of hydrogen-bond donors (Lipinski definition) is 0. The number of benzene rings is 5. The quantitative estimate of drug-likeness (QED) is 0.289. The molecule has 0 fully saturated rings. The van der Waals surface area contributed by atoms with Gasteiger partial charge in [-0.1, -0.05) is 72.8 Å². The topological polar surface area (TPSA) is 22.0 Å². The summed E-state index contributed by atoms with van der Waals surface area (Å²) in [4.78, 5) is 0. The Morgan fingerprint density at radius 2 is 1.22 bits per heavy atom. The summed E-state index contributed by atoms with van der Waals surface area (Å²) in [5, 5.41) is 7.55. The summed E-state index contributed by atoms with van der Waals surface area (Å²) < 4.78 is 17.3. The molecule has 152 valence electrons. The zero-order chi connectivity index (χ0) is 21.4. The van der Waals surface area contributed by atoms with Gasteiger partial charge in [0, 0.05) is 44.8 Å². The predicted octanol–water partition coefficient (Wildman–Crippen LogP) is 6.10. The van der Waals surface area contributed by atoms with Crippen LogP contribution < -0.4 is 15.9 Å². The number of aromatic nitrogens is 1. The van der Waals surface area contributed by atoms with Gasteiger partial charge < -0.3 is 9.13 Å². The van der Waals surface area contributed by atoms with E-state index in [0.29, 0.717) is 0 Å². The molecule has 5 aromatic carbocycles. The van der Waals surface area contributed by atoms with Crippen LogP contribution in [-0.2, 0) is 11.6 Å². The summed E-state index contributed by atoms with van der Waals surface area (Å²) in [5.41, 5.74) is 4.51. The molecule has 1 aliphatic rings. The summed E-state index contributed by atoms with van der Waals surface area (Å²) in [7, 11) is -0.889. The highest BCUT2D eigenvalue weighted by molar-refractivity contribution is 7.86. The van der Waals surface area contributed by atoms with Crippen molar-refractivity contribution in [2.75, 3.05) is 0 Å². The molecule has 0 amide bonds. The van der Waals surface area contributed by atoms with Crippen LogP contribution in [0.25, 0.3) is 43.7 Å². The number of para-hydroxylation sites is 1. The second-order valence-electron chi connectivity index (χ2n) is 8.62. The zero-order valence-electron chi connectivity index (χ0n) is 17.6. The molecule has 1 aromatic heterocycles. The van der Waals surface area contributed by atoms with Crippen LogP contribution in [0.3, 0.4) is 0 Å². The lowest BCUT2D eigenvalue weighted by Gasteiger charge is -2.16. The molecule has 1 atom stereocenters. The first-order valence-electron chi connectivity index (χ1n) is 10.9. The molecule has 32 heavy (non-hydrogen) atoms. The molecule has 0 saturated heterocycles. The zero-order valence-corrected chi connectivity index (χ0v) is 18.5. The third kappa shape index (κ3) is 2.18. The predicted molar refractivity (Wildman–Crippen MR) is 136 cm³/mol. The third-order valence-electron chi connectivity index (χ3n) is 6.98. The highest BCUT2D eigenvalue weighted by Crippen LogP contribution is 2.54. The Balaban J connectivity index is 1.68. The van der Waals surface area contributed by atoms with Crippen LogP contribution in [0, 0.1) is 0 Å². The number of aryl methyl sites for hydroxylation is 1. The first-order chi connectivity index (χ1) is 15.7. The molecule has 0 bridgehead atoms. The third-order valence-corrected chi connectivity index (χ3v) is 10.1.